The molecule has 0 aliphatic carbocycles. The Labute approximate surface area is 112 Å². The van der Waals surface area contributed by atoms with Gasteiger partial charge < -0.3 is 4.74 Å². The maximum atomic E-state index is 12.1. The van der Waals surface area contributed by atoms with Crippen LogP contribution in [0.15, 0.2) is 30.3 Å². The first-order valence-corrected chi connectivity index (χ1v) is 7.97. The van der Waals surface area contributed by atoms with Crippen molar-refractivity contribution in [2.45, 2.75) is 17.9 Å². The molecule has 0 bridgehead atoms. The number of Topliss-reactive ketones (excluding diaryl/α,β-unsaturated/α-hetero) is 1. The van der Waals surface area contributed by atoms with E-state index in [1.165, 1.54) is 6.92 Å². The molecule has 0 saturated carbocycles. The lowest BCUT2D eigenvalue weighted by atomic mass is 9.88. The molecule has 1 aliphatic rings. The summed E-state index contributed by atoms with van der Waals surface area (Å²) in [7, 11) is -3.48. The zero-order chi connectivity index (χ0) is 14.1. The summed E-state index contributed by atoms with van der Waals surface area (Å²) in [5.74, 6) is -0.318. The number of hydrogen-bond donors (Lipinski definition) is 1. The molecule has 2 atom stereocenters. The minimum Gasteiger partial charge on any atom is -0.358 e. The fourth-order valence-corrected chi connectivity index (χ4v) is 3.88. The first-order valence-electron chi connectivity index (χ1n) is 6.02. The Morgan fingerprint density at radius 2 is 2.00 bits per heavy atom. The number of rotatable bonds is 3. The second kappa shape index (κ2) is 5.03. The molecule has 1 saturated heterocycles. The molecule has 104 valence electrons. The van der Waals surface area contributed by atoms with Crippen LogP contribution in [-0.4, -0.2) is 39.0 Å². The lowest BCUT2D eigenvalue weighted by Crippen LogP contribution is -2.62. The highest BCUT2D eigenvalue weighted by molar-refractivity contribution is 7.91. The van der Waals surface area contributed by atoms with Crippen molar-refractivity contribution in [1.82, 2.24) is 5.32 Å². The summed E-state index contributed by atoms with van der Waals surface area (Å²) in [6.07, 6.45) is 1.11. The van der Waals surface area contributed by atoms with Gasteiger partial charge in [0.05, 0.1) is 6.61 Å². The summed E-state index contributed by atoms with van der Waals surface area (Å²) in [4.78, 5) is 12.1. The highest BCUT2D eigenvalue weighted by Gasteiger charge is 2.52. The number of sulfone groups is 1. The Bertz CT molecular complexity index is 570. The molecule has 19 heavy (non-hydrogen) atoms. The van der Waals surface area contributed by atoms with Gasteiger partial charge in [-0.1, -0.05) is 30.3 Å². The van der Waals surface area contributed by atoms with Gasteiger partial charge >= 0.3 is 0 Å². The number of ether oxygens (including phenoxy) is 1. The molecule has 5 nitrogen and oxygen atoms in total. The smallest absolute Gasteiger partial charge is 0.180 e. The average molecular weight is 283 g/mol. The molecule has 1 fully saturated rings. The van der Waals surface area contributed by atoms with Crippen LogP contribution in [0.25, 0.3) is 0 Å². The number of morpholine rings is 1. The number of carbonyl (C=O) groups excluding carboxylic acids is 1. The Balaban J connectivity index is 2.63. The van der Waals surface area contributed by atoms with Gasteiger partial charge in [-0.2, -0.15) is 0 Å². The van der Waals surface area contributed by atoms with E-state index < -0.39 is 20.8 Å². The Morgan fingerprint density at radius 3 is 2.53 bits per heavy atom. The standard InChI is InChI=1S/C13H17NO4S/c1-10(15)13(11-6-4-3-5-7-11)12(19(2,16)17)14-8-9-18-13/h3-7,12,14H,8-9H2,1-2H3. The van der Waals surface area contributed by atoms with Gasteiger partial charge in [-0.25, -0.2) is 8.42 Å². The minimum atomic E-state index is -3.48. The largest absolute Gasteiger partial charge is 0.358 e. The van der Waals surface area contributed by atoms with E-state index >= 15 is 0 Å². The van der Waals surface area contributed by atoms with Crippen LogP contribution in [0, 0.1) is 0 Å². The fraction of sp³-hybridized carbons (Fsp3) is 0.462. The third-order valence-electron chi connectivity index (χ3n) is 3.28. The number of nitrogens with one attached hydrogen (secondary N) is 1. The SMILES string of the molecule is CC(=O)C1(c2ccccc2)OCCNC1S(C)(=O)=O. The van der Waals surface area contributed by atoms with Crippen molar-refractivity contribution in [2.75, 3.05) is 19.4 Å². The predicted molar refractivity (Wildman–Crippen MR) is 71.4 cm³/mol. The van der Waals surface area contributed by atoms with Gasteiger partial charge in [0.2, 0.25) is 0 Å². The van der Waals surface area contributed by atoms with Crippen LogP contribution in [0.2, 0.25) is 0 Å². The highest BCUT2D eigenvalue weighted by Crippen LogP contribution is 2.35. The van der Waals surface area contributed by atoms with Crippen LogP contribution < -0.4 is 5.32 Å². The molecule has 0 radical (unpaired) electrons. The lowest BCUT2D eigenvalue weighted by Gasteiger charge is -2.41. The number of carbonyl (C=O) groups is 1. The topological polar surface area (TPSA) is 72.5 Å². The van der Waals surface area contributed by atoms with Crippen molar-refractivity contribution < 1.29 is 17.9 Å². The molecule has 1 N–H and O–H groups in total. The molecular weight excluding hydrogens is 266 g/mol. The lowest BCUT2D eigenvalue weighted by molar-refractivity contribution is -0.150. The minimum absolute atomic E-state index is 0.292. The quantitative estimate of drug-likeness (QED) is 0.872. The van der Waals surface area contributed by atoms with Gasteiger partial charge in [0, 0.05) is 12.8 Å². The normalized spacial score (nSPS) is 28.0. The average Bonchev–Trinajstić information content (AvgIpc) is 2.38. The first-order chi connectivity index (χ1) is 8.89. The number of benzene rings is 1. The van der Waals surface area contributed by atoms with E-state index in [1.807, 2.05) is 6.07 Å². The summed E-state index contributed by atoms with van der Waals surface area (Å²) < 4.78 is 29.6. The van der Waals surface area contributed by atoms with Gasteiger partial charge in [0.1, 0.15) is 0 Å². The molecule has 1 heterocycles. The number of ketones is 1. The van der Waals surface area contributed by atoms with Crippen molar-refractivity contribution in [1.29, 1.82) is 0 Å². The molecule has 2 unspecified atom stereocenters. The monoisotopic (exact) mass is 283 g/mol. The summed E-state index contributed by atoms with van der Waals surface area (Å²) in [5, 5.41) is 1.83. The Morgan fingerprint density at radius 1 is 1.37 bits per heavy atom. The van der Waals surface area contributed by atoms with Gasteiger partial charge in [-0.3, -0.25) is 10.1 Å². The zero-order valence-electron chi connectivity index (χ0n) is 10.9. The maximum Gasteiger partial charge on any atom is 0.180 e. The van der Waals surface area contributed by atoms with E-state index in [0.717, 1.165) is 6.26 Å². The van der Waals surface area contributed by atoms with E-state index in [0.29, 0.717) is 18.7 Å². The van der Waals surface area contributed by atoms with Crippen LogP contribution >= 0.6 is 0 Å². The Kier molecular flexibility index (Phi) is 3.75. The summed E-state index contributed by atoms with van der Waals surface area (Å²) >= 11 is 0. The third kappa shape index (κ3) is 2.43. The predicted octanol–water partition coefficient (Wildman–Crippen LogP) is 0.461. The second-order valence-electron chi connectivity index (χ2n) is 4.67. The van der Waals surface area contributed by atoms with Crippen LogP contribution in [0.4, 0.5) is 0 Å². The molecule has 0 aromatic heterocycles. The molecular formula is C13H17NO4S. The van der Waals surface area contributed by atoms with Crippen molar-refractivity contribution in [3.05, 3.63) is 35.9 Å². The summed E-state index contributed by atoms with van der Waals surface area (Å²) in [5.41, 5.74) is -0.905. The summed E-state index contributed by atoms with van der Waals surface area (Å²) in [6.45, 7) is 2.05. The van der Waals surface area contributed by atoms with E-state index in [2.05, 4.69) is 5.32 Å². The molecule has 1 aliphatic heterocycles. The van der Waals surface area contributed by atoms with Crippen molar-refractivity contribution in [2.24, 2.45) is 0 Å². The third-order valence-corrected chi connectivity index (χ3v) is 4.64. The molecule has 6 heteroatoms. The molecule has 2 rings (SSSR count). The van der Waals surface area contributed by atoms with E-state index in [4.69, 9.17) is 4.74 Å². The van der Waals surface area contributed by atoms with Gasteiger partial charge in [0.15, 0.2) is 26.6 Å². The van der Waals surface area contributed by atoms with Crippen LogP contribution in [-0.2, 0) is 25.0 Å². The molecule has 0 spiro atoms. The van der Waals surface area contributed by atoms with Crippen LogP contribution in [0.1, 0.15) is 12.5 Å². The molecule has 0 amide bonds. The van der Waals surface area contributed by atoms with Gasteiger partial charge in [0.25, 0.3) is 0 Å². The van der Waals surface area contributed by atoms with Gasteiger partial charge in [-0.05, 0) is 12.5 Å². The fourth-order valence-electron chi connectivity index (χ4n) is 2.48. The molecule has 1 aromatic carbocycles. The second-order valence-corrected chi connectivity index (χ2v) is 6.80. The van der Waals surface area contributed by atoms with E-state index in [9.17, 15) is 13.2 Å². The van der Waals surface area contributed by atoms with Crippen molar-refractivity contribution in [3.8, 4) is 0 Å². The number of hydrogen-bond acceptors (Lipinski definition) is 5. The molecule has 1 aromatic rings. The van der Waals surface area contributed by atoms with E-state index in [-0.39, 0.29) is 5.78 Å². The van der Waals surface area contributed by atoms with Crippen molar-refractivity contribution in [3.63, 3.8) is 0 Å². The van der Waals surface area contributed by atoms with Gasteiger partial charge in [-0.15, -0.1) is 0 Å². The van der Waals surface area contributed by atoms with Crippen LogP contribution in [0.3, 0.4) is 0 Å². The highest BCUT2D eigenvalue weighted by atomic mass is 32.2. The van der Waals surface area contributed by atoms with Crippen molar-refractivity contribution >= 4 is 15.6 Å². The van der Waals surface area contributed by atoms with Crippen LogP contribution in [0.5, 0.6) is 0 Å². The van der Waals surface area contributed by atoms with E-state index in [1.54, 1.807) is 24.3 Å². The Hall–Kier alpha value is -1.24. The maximum absolute atomic E-state index is 12.1. The first kappa shape index (κ1) is 14.2. The zero-order valence-corrected chi connectivity index (χ0v) is 11.7. The summed E-state index contributed by atoms with van der Waals surface area (Å²) in [6, 6.07) is 8.76.